The first-order valence-corrected chi connectivity index (χ1v) is 6.00. The van der Waals surface area contributed by atoms with Crippen LogP contribution in [-0.2, 0) is 4.74 Å². The Labute approximate surface area is 122 Å². The minimum Gasteiger partial charge on any atom is -0.465 e. The van der Waals surface area contributed by atoms with Gasteiger partial charge in [0.25, 0.3) is 5.69 Å². The van der Waals surface area contributed by atoms with Gasteiger partial charge in [-0.2, -0.15) is 0 Å². The number of nitro benzene ring substituents is 1. The molecule has 104 valence electrons. The highest BCUT2D eigenvalue weighted by Crippen LogP contribution is 2.28. The molecule has 0 aliphatic heterocycles. The molecule has 2 aromatic carbocycles. The number of hydrogen-bond donors (Lipinski definition) is 1. The number of anilines is 2. The van der Waals surface area contributed by atoms with Crippen molar-refractivity contribution in [1.29, 1.82) is 0 Å². The van der Waals surface area contributed by atoms with Gasteiger partial charge in [0.15, 0.2) is 0 Å². The lowest BCUT2D eigenvalue weighted by Gasteiger charge is -2.09. The van der Waals surface area contributed by atoms with Crippen LogP contribution in [0.2, 0.25) is 0 Å². The van der Waals surface area contributed by atoms with Gasteiger partial charge in [-0.1, -0.05) is 17.6 Å². The Bertz CT molecular complexity index is 703. The number of ether oxygens (including phenoxy) is 1. The predicted molar refractivity (Wildman–Crippen MR) is 79.5 cm³/mol. The number of carbonyl (C=O) groups excluding carboxylic acids is 1. The zero-order chi connectivity index (χ0) is 15.4. The molecule has 21 heavy (non-hydrogen) atoms. The second-order valence-corrected chi connectivity index (χ2v) is 4.23. The van der Waals surface area contributed by atoms with E-state index in [0.717, 1.165) is 0 Å². The standard InChI is InChI=1S/C14H11BN2O4/c1-21-14(18)9-5-6-12(13(7-9)17(19)20)16-11-4-2-3-10(15)8-11/h2-8,16H,1H3. The van der Waals surface area contributed by atoms with Crippen LogP contribution in [0.5, 0.6) is 0 Å². The Kier molecular flexibility index (Phi) is 4.22. The van der Waals surface area contributed by atoms with E-state index in [-0.39, 0.29) is 16.9 Å². The maximum Gasteiger partial charge on any atom is 0.338 e. The highest BCUT2D eigenvalue weighted by Gasteiger charge is 2.18. The summed E-state index contributed by atoms with van der Waals surface area (Å²) in [5.41, 5.74) is 1.30. The molecule has 2 rings (SSSR count). The molecule has 0 spiro atoms. The Morgan fingerprint density at radius 1 is 1.29 bits per heavy atom. The third-order valence-electron chi connectivity index (χ3n) is 2.78. The van der Waals surface area contributed by atoms with Crippen LogP contribution in [0.15, 0.2) is 42.5 Å². The summed E-state index contributed by atoms with van der Waals surface area (Å²) in [5.74, 6) is -0.631. The molecular weight excluding hydrogens is 271 g/mol. The molecule has 2 aromatic rings. The monoisotopic (exact) mass is 282 g/mol. The van der Waals surface area contributed by atoms with Crippen molar-refractivity contribution < 1.29 is 14.5 Å². The van der Waals surface area contributed by atoms with E-state index in [1.807, 2.05) is 0 Å². The number of methoxy groups -OCH3 is 1. The van der Waals surface area contributed by atoms with Crippen molar-refractivity contribution in [2.75, 3.05) is 12.4 Å². The third kappa shape index (κ3) is 3.39. The van der Waals surface area contributed by atoms with Gasteiger partial charge in [-0.3, -0.25) is 10.1 Å². The summed E-state index contributed by atoms with van der Waals surface area (Å²) in [6.45, 7) is 0. The van der Waals surface area contributed by atoms with Gasteiger partial charge in [0.2, 0.25) is 0 Å². The molecule has 0 saturated heterocycles. The van der Waals surface area contributed by atoms with Gasteiger partial charge in [0.05, 0.1) is 17.6 Å². The molecule has 0 amide bonds. The average Bonchev–Trinajstić information content (AvgIpc) is 2.46. The molecule has 0 bridgehead atoms. The zero-order valence-corrected chi connectivity index (χ0v) is 11.2. The number of esters is 1. The van der Waals surface area contributed by atoms with Gasteiger partial charge in [0.1, 0.15) is 13.5 Å². The SMILES string of the molecule is [B]c1cccc(Nc2ccc(C(=O)OC)cc2[N+](=O)[O-])c1. The number of benzene rings is 2. The van der Waals surface area contributed by atoms with Crippen LogP contribution < -0.4 is 10.8 Å². The lowest BCUT2D eigenvalue weighted by molar-refractivity contribution is -0.383. The van der Waals surface area contributed by atoms with Crippen LogP contribution >= 0.6 is 0 Å². The maximum absolute atomic E-state index is 11.4. The van der Waals surface area contributed by atoms with Crippen LogP contribution in [0.25, 0.3) is 0 Å². The maximum atomic E-state index is 11.4. The number of carbonyl (C=O) groups is 1. The fourth-order valence-electron chi connectivity index (χ4n) is 1.81. The van der Waals surface area contributed by atoms with Crippen LogP contribution in [0.3, 0.4) is 0 Å². The number of nitrogens with zero attached hydrogens (tertiary/aromatic N) is 1. The van der Waals surface area contributed by atoms with Gasteiger partial charge in [0, 0.05) is 11.8 Å². The molecule has 2 radical (unpaired) electrons. The van der Waals surface area contributed by atoms with Crippen molar-refractivity contribution in [3.63, 3.8) is 0 Å². The minimum atomic E-state index is -0.631. The molecule has 0 aliphatic carbocycles. The lowest BCUT2D eigenvalue weighted by Crippen LogP contribution is -2.05. The summed E-state index contributed by atoms with van der Waals surface area (Å²) in [4.78, 5) is 22.0. The largest absolute Gasteiger partial charge is 0.465 e. The zero-order valence-electron chi connectivity index (χ0n) is 11.2. The third-order valence-corrected chi connectivity index (χ3v) is 2.78. The number of hydrogen-bond acceptors (Lipinski definition) is 5. The topological polar surface area (TPSA) is 81.5 Å². The van der Waals surface area contributed by atoms with E-state index in [9.17, 15) is 14.9 Å². The Balaban J connectivity index is 2.39. The summed E-state index contributed by atoms with van der Waals surface area (Å²) in [6.07, 6.45) is 0. The molecule has 0 unspecified atom stereocenters. The van der Waals surface area contributed by atoms with Crippen LogP contribution in [-0.4, -0.2) is 25.8 Å². The summed E-state index contributed by atoms with van der Waals surface area (Å²) in [5, 5.41) is 14.0. The van der Waals surface area contributed by atoms with Gasteiger partial charge in [-0.05, 0) is 24.3 Å². The first-order chi connectivity index (χ1) is 10.0. The Morgan fingerprint density at radius 2 is 2.05 bits per heavy atom. The van der Waals surface area contributed by atoms with Crippen molar-refractivity contribution >= 4 is 36.3 Å². The molecule has 6 nitrogen and oxygen atoms in total. The highest BCUT2D eigenvalue weighted by atomic mass is 16.6. The van der Waals surface area contributed by atoms with Crippen molar-refractivity contribution in [2.45, 2.75) is 0 Å². The van der Waals surface area contributed by atoms with Crippen molar-refractivity contribution in [3.8, 4) is 0 Å². The van der Waals surface area contributed by atoms with Gasteiger partial charge < -0.3 is 10.1 Å². The van der Waals surface area contributed by atoms with Crippen LogP contribution in [0.1, 0.15) is 10.4 Å². The lowest BCUT2D eigenvalue weighted by atomic mass is 9.96. The first-order valence-electron chi connectivity index (χ1n) is 6.00. The predicted octanol–water partition coefficient (Wildman–Crippen LogP) is 1.92. The molecule has 7 heteroatoms. The smallest absolute Gasteiger partial charge is 0.338 e. The Morgan fingerprint density at radius 3 is 2.67 bits per heavy atom. The molecule has 0 heterocycles. The van der Waals surface area contributed by atoms with Crippen LogP contribution in [0.4, 0.5) is 17.1 Å². The van der Waals surface area contributed by atoms with E-state index >= 15 is 0 Å². The van der Waals surface area contributed by atoms with Crippen molar-refractivity contribution in [1.82, 2.24) is 0 Å². The van der Waals surface area contributed by atoms with E-state index in [4.69, 9.17) is 7.85 Å². The summed E-state index contributed by atoms with van der Waals surface area (Å²) in [7, 11) is 6.87. The van der Waals surface area contributed by atoms with E-state index in [1.165, 1.54) is 25.3 Å². The number of nitrogens with one attached hydrogen (secondary N) is 1. The molecule has 0 atom stereocenters. The molecule has 0 saturated carbocycles. The van der Waals surface area contributed by atoms with Gasteiger partial charge in [-0.25, -0.2) is 4.79 Å². The fraction of sp³-hybridized carbons (Fsp3) is 0.0714. The van der Waals surface area contributed by atoms with Crippen molar-refractivity contribution in [3.05, 3.63) is 58.1 Å². The van der Waals surface area contributed by atoms with Crippen molar-refractivity contribution in [2.24, 2.45) is 0 Å². The van der Waals surface area contributed by atoms with E-state index < -0.39 is 10.9 Å². The quantitative estimate of drug-likeness (QED) is 0.401. The van der Waals surface area contributed by atoms with E-state index in [2.05, 4.69) is 10.1 Å². The normalized spacial score (nSPS) is 9.95. The first kappa shape index (κ1) is 14.6. The minimum absolute atomic E-state index is 0.113. The highest BCUT2D eigenvalue weighted by molar-refractivity contribution is 6.32. The summed E-state index contributed by atoms with van der Waals surface area (Å²) in [6, 6.07) is 10.9. The van der Waals surface area contributed by atoms with Gasteiger partial charge in [-0.15, -0.1) is 0 Å². The second-order valence-electron chi connectivity index (χ2n) is 4.23. The molecular formula is C14H11BN2O4. The Hall–Kier alpha value is -2.83. The average molecular weight is 282 g/mol. The number of rotatable bonds is 4. The fourth-order valence-corrected chi connectivity index (χ4v) is 1.81. The molecule has 0 aliphatic rings. The van der Waals surface area contributed by atoms with E-state index in [0.29, 0.717) is 11.2 Å². The number of nitro groups is 1. The van der Waals surface area contributed by atoms with Gasteiger partial charge >= 0.3 is 5.97 Å². The van der Waals surface area contributed by atoms with E-state index in [1.54, 1.807) is 24.3 Å². The molecule has 0 aromatic heterocycles. The van der Waals surface area contributed by atoms with Crippen LogP contribution in [0, 0.1) is 10.1 Å². The molecule has 1 N–H and O–H groups in total. The summed E-state index contributed by atoms with van der Waals surface area (Å²) < 4.78 is 4.55. The second kappa shape index (κ2) is 6.08. The molecule has 0 fully saturated rings. The summed E-state index contributed by atoms with van der Waals surface area (Å²) >= 11 is 0.